The first-order valence-electron chi connectivity index (χ1n) is 13.4. The summed E-state index contributed by atoms with van der Waals surface area (Å²) in [6.07, 6.45) is 1.50. The van der Waals surface area contributed by atoms with Gasteiger partial charge in [-0.15, -0.1) is 0 Å². The molecule has 7 nitrogen and oxygen atoms in total. The predicted octanol–water partition coefficient (Wildman–Crippen LogP) is 5.06. The normalized spacial score (nSPS) is 28.4. The molecule has 0 bridgehead atoms. The van der Waals surface area contributed by atoms with Crippen molar-refractivity contribution in [2.24, 2.45) is 5.92 Å². The fraction of sp³-hybridized carbons (Fsp3) is 0.323. The number of nitrogens with one attached hydrogen (secondary N) is 2. The Morgan fingerprint density at radius 1 is 1.05 bits per heavy atom. The SMILES string of the molecule is CCOc1ccccc1C(=O)[C@@H]1[C@@H]2CCCN2[C@]2(C(=O)Nc3c(C)cc(Cl)cc32)[C@@]12C(=O)Nc1ccccc12. The lowest BCUT2D eigenvalue weighted by Gasteiger charge is -2.43. The molecule has 8 heteroatoms. The minimum Gasteiger partial charge on any atom is -0.493 e. The molecule has 2 fully saturated rings. The van der Waals surface area contributed by atoms with Gasteiger partial charge in [-0.2, -0.15) is 0 Å². The standard InChI is InChI=1S/C31H28ClN3O4/c1-3-39-24-13-7-4-9-19(24)27(36)25-23-12-8-14-35(23)31(21-16-18(32)15-17(2)26(21)34-29(31)38)30(25)20-10-5-6-11-22(20)33-28(30)37/h4-7,9-11,13,15-16,23,25H,3,8,12,14H2,1-2H3,(H,33,37)(H,34,38)/t23-,25-,30+,31+/m0/s1. The Morgan fingerprint density at radius 3 is 2.64 bits per heavy atom. The number of aryl methyl sites for hydroxylation is 1. The molecule has 2 N–H and O–H groups in total. The van der Waals surface area contributed by atoms with E-state index in [2.05, 4.69) is 15.5 Å². The summed E-state index contributed by atoms with van der Waals surface area (Å²) in [6.45, 7) is 4.75. The zero-order valence-corrected chi connectivity index (χ0v) is 22.5. The minimum absolute atomic E-state index is 0.195. The lowest BCUT2D eigenvalue weighted by Crippen LogP contribution is -2.62. The van der Waals surface area contributed by atoms with Crippen molar-refractivity contribution in [2.75, 3.05) is 23.8 Å². The molecule has 2 spiro atoms. The minimum atomic E-state index is -1.52. The van der Waals surface area contributed by atoms with Crippen molar-refractivity contribution in [3.8, 4) is 5.75 Å². The van der Waals surface area contributed by atoms with Crippen LogP contribution in [0.3, 0.4) is 0 Å². The van der Waals surface area contributed by atoms with Gasteiger partial charge >= 0.3 is 0 Å². The number of carbonyl (C=O) groups excluding carboxylic acids is 3. The van der Waals surface area contributed by atoms with Gasteiger partial charge in [-0.1, -0.05) is 41.9 Å². The van der Waals surface area contributed by atoms with Gasteiger partial charge in [0.1, 0.15) is 16.7 Å². The fourth-order valence-electron chi connectivity index (χ4n) is 7.93. The number of amides is 2. The van der Waals surface area contributed by atoms with E-state index in [1.54, 1.807) is 18.2 Å². The highest BCUT2D eigenvalue weighted by atomic mass is 35.5. The van der Waals surface area contributed by atoms with Gasteiger partial charge in [0, 0.05) is 28.0 Å². The maximum absolute atomic E-state index is 14.8. The molecule has 4 aliphatic rings. The molecule has 4 heterocycles. The Kier molecular flexibility index (Phi) is 5.25. The Balaban J connectivity index is 1.59. The summed E-state index contributed by atoms with van der Waals surface area (Å²) in [6, 6.07) is 17.9. The molecule has 0 saturated carbocycles. The number of fused-ring (bicyclic) bond motifs is 7. The molecule has 0 aromatic heterocycles. The first-order valence-corrected chi connectivity index (χ1v) is 13.8. The lowest BCUT2D eigenvalue weighted by atomic mass is 9.57. The lowest BCUT2D eigenvalue weighted by molar-refractivity contribution is -0.137. The maximum atomic E-state index is 14.8. The van der Waals surface area contributed by atoms with E-state index in [9.17, 15) is 14.4 Å². The molecule has 39 heavy (non-hydrogen) atoms. The second kappa shape index (κ2) is 8.41. The number of benzene rings is 3. The highest BCUT2D eigenvalue weighted by Gasteiger charge is 2.81. The molecule has 4 aliphatic heterocycles. The molecule has 3 aromatic rings. The molecule has 198 valence electrons. The van der Waals surface area contributed by atoms with Crippen LogP contribution in [0.1, 0.15) is 46.8 Å². The number of ether oxygens (including phenoxy) is 1. The van der Waals surface area contributed by atoms with Crippen LogP contribution in [-0.4, -0.2) is 41.7 Å². The van der Waals surface area contributed by atoms with Crippen LogP contribution in [0, 0.1) is 12.8 Å². The highest BCUT2D eigenvalue weighted by molar-refractivity contribution is 6.31. The third-order valence-corrected chi connectivity index (χ3v) is 9.32. The summed E-state index contributed by atoms with van der Waals surface area (Å²) in [4.78, 5) is 46.1. The van der Waals surface area contributed by atoms with Crippen molar-refractivity contribution >= 4 is 40.6 Å². The molecule has 2 amide bonds. The number of halogens is 1. The monoisotopic (exact) mass is 541 g/mol. The Hall–Kier alpha value is -3.68. The molecule has 4 atom stereocenters. The van der Waals surface area contributed by atoms with Crippen molar-refractivity contribution in [2.45, 2.75) is 43.7 Å². The Morgan fingerprint density at radius 2 is 1.82 bits per heavy atom. The number of para-hydroxylation sites is 2. The van der Waals surface area contributed by atoms with E-state index in [0.717, 1.165) is 12.0 Å². The molecule has 3 aromatic carbocycles. The van der Waals surface area contributed by atoms with Crippen LogP contribution in [0.15, 0.2) is 60.7 Å². The topological polar surface area (TPSA) is 87.7 Å². The van der Waals surface area contributed by atoms with Gasteiger partial charge in [0.05, 0.1) is 18.1 Å². The van der Waals surface area contributed by atoms with Gasteiger partial charge < -0.3 is 15.4 Å². The summed E-state index contributed by atoms with van der Waals surface area (Å²) in [7, 11) is 0. The summed E-state index contributed by atoms with van der Waals surface area (Å²) in [5.41, 5.74) is 0.881. The quantitative estimate of drug-likeness (QED) is 0.451. The van der Waals surface area contributed by atoms with Crippen molar-refractivity contribution < 1.29 is 19.1 Å². The van der Waals surface area contributed by atoms with E-state index in [1.807, 2.05) is 56.3 Å². The van der Waals surface area contributed by atoms with Crippen molar-refractivity contribution in [3.05, 3.63) is 87.9 Å². The van der Waals surface area contributed by atoms with E-state index in [1.165, 1.54) is 0 Å². The van der Waals surface area contributed by atoms with E-state index in [0.29, 0.717) is 58.4 Å². The third-order valence-electron chi connectivity index (χ3n) is 9.10. The van der Waals surface area contributed by atoms with Gasteiger partial charge in [0.25, 0.3) is 5.91 Å². The van der Waals surface area contributed by atoms with E-state index < -0.39 is 16.9 Å². The maximum Gasteiger partial charge on any atom is 0.251 e. The van der Waals surface area contributed by atoms with E-state index in [4.69, 9.17) is 16.3 Å². The van der Waals surface area contributed by atoms with Crippen LogP contribution in [0.2, 0.25) is 5.02 Å². The molecule has 7 rings (SSSR count). The number of Topliss-reactive ketones (excluding diaryl/α,β-unsaturated/α-hetero) is 1. The van der Waals surface area contributed by atoms with Crippen LogP contribution in [0.25, 0.3) is 0 Å². The number of nitrogens with zero attached hydrogens (tertiary/aromatic N) is 1. The average Bonchev–Trinajstić information content (AvgIpc) is 3.64. The first-order chi connectivity index (χ1) is 18.9. The van der Waals surface area contributed by atoms with Gasteiger partial charge in [0.2, 0.25) is 5.91 Å². The number of ketones is 1. The van der Waals surface area contributed by atoms with Crippen molar-refractivity contribution in [1.29, 1.82) is 0 Å². The molecular formula is C31H28ClN3O4. The first kappa shape index (κ1) is 24.4. The second-order valence-electron chi connectivity index (χ2n) is 10.8. The molecule has 2 saturated heterocycles. The summed E-state index contributed by atoms with van der Waals surface area (Å²) < 4.78 is 5.87. The Labute approximate surface area is 231 Å². The number of rotatable bonds is 4. The summed E-state index contributed by atoms with van der Waals surface area (Å²) >= 11 is 6.62. The van der Waals surface area contributed by atoms with Crippen LogP contribution in [0.4, 0.5) is 11.4 Å². The summed E-state index contributed by atoms with van der Waals surface area (Å²) in [5, 5.41) is 6.66. The largest absolute Gasteiger partial charge is 0.493 e. The van der Waals surface area contributed by atoms with Gasteiger partial charge in [-0.05, 0) is 74.7 Å². The van der Waals surface area contributed by atoms with Crippen molar-refractivity contribution in [1.82, 2.24) is 4.90 Å². The van der Waals surface area contributed by atoms with Crippen LogP contribution < -0.4 is 15.4 Å². The fourth-order valence-corrected chi connectivity index (χ4v) is 8.20. The summed E-state index contributed by atoms with van der Waals surface area (Å²) in [5.74, 6) is -1.19. The smallest absolute Gasteiger partial charge is 0.251 e. The van der Waals surface area contributed by atoms with Crippen molar-refractivity contribution in [3.63, 3.8) is 0 Å². The van der Waals surface area contributed by atoms with E-state index >= 15 is 0 Å². The Bertz CT molecular complexity index is 1590. The second-order valence-corrected chi connectivity index (χ2v) is 11.2. The van der Waals surface area contributed by atoms with Crippen LogP contribution >= 0.6 is 11.6 Å². The van der Waals surface area contributed by atoms with Crippen LogP contribution in [-0.2, 0) is 20.5 Å². The third kappa shape index (κ3) is 2.84. The molecule has 0 aliphatic carbocycles. The van der Waals surface area contributed by atoms with Crippen LogP contribution in [0.5, 0.6) is 5.75 Å². The number of hydrogen-bond donors (Lipinski definition) is 2. The zero-order chi connectivity index (χ0) is 27.1. The predicted molar refractivity (Wildman–Crippen MR) is 148 cm³/mol. The van der Waals surface area contributed by atoms with E-state index in [-0.39, 0.29) is 23.6 Å². The number of carbonyl (C=O) groups is 3. The van der Waals surface area contributed by atoms with Gasteiger partial charge in [-0.3, -0.25) is 19.3 Å². The number of anilines is 2. The molecular weight excluding hydrogens is 514 g/mol. The molecule has 0 unspecified atom stereocenters. The highest BCUT2D eigenvalue weighted by Crippen LogP contribution is 2.68. The van der Waals surface area contributed by atoms with Gasteiger partial charge in [0.15, 0.2) is 5.78 Å². The number of hydrogen-bond acceptors (Lipinski definition) is 5. The molecule has 0 radical (unpaired) electrons. The zero-order valence-electron chi connectivity index (χ0n) is 21.7. The average molecular weight is 542 g/mol. The van der Waals surface area contributed by atoms with Gasteiger partial charge in [-0.25, -0.2) is 0 Å².